The van der Waals surface area contributed by atoms with E-state index in [4.69, 9.17) is 9.72 Å². The highest BCUT2D eigenvalue weighted by molar-refractivity contribution is 7.13. The summed E-state index contributed by atoms with van der Waals surface area (Å²) in [4.78, 5) is 15.1. The lowest BCUT2D eigenvalue weighted by Gasteiger charge is -2.32. The second-order valence-electron chi connectivity index (χ2n) is 9.97. The molecule has 2 saturated heterocycles. The van der Waals surface area contributed by atoms with Gasteiger partial charge < -0.3 is 9.64 Å². The van der Waals surface area contributed by atoms with Crippen molar-refractivity contribution in [1.29, 1.82) is 0 Å². The maximum absolute atomic E-state index is 5.50. The fraction of sp³-hybridized carbons (Fsp3) is 0.414. The van der Waals surface area contributed by atoms with Gasteiger partial charge in [0.2, 0.25) is 0 Å². The summed E-state index contributed by atoms with van der Waals surface area (Å²) in [6.07, 6.45) is 5.32. The highest BCUT2D eigenvalue weighted by atomic mass is 32.1. The molecule has 0 atom stereocenters. The summed E-state index contributed by atoms with van der Waals surface area (Å²) >= 11 is 1.92. The van der Waals surface area contributed by atoms with E-state index in [2.05, 4.69) is 70.3 Å². The van der Waals surface area contributed by atoms with Crippen LogP contribution in [0.5, 0.6) is 0 Å². The number of likely N-dealkylation sites (N-methyl/N-ethyl adjacent to an activating group) is 1. The average Bonchev–Trinajstić information content (AvgIpc) is 3.53. The van der Waals surface area contributed by atoms with Gasteiger partial charge in [-0.3, -0.25) is 14.8 Å². The minimum absolute atomic E-state index is 0.849. The summed E-state index contributed by atoms with van der Waals surface area (Å²) in [6.45, 7) is 10.4. The zero-order valence-corrected chi connectivity index (χ0v) is 21.4. The van der Waals surface area contributed by atoms with E-state index in [9.17, 15) is 0 Å². The first kappa shape index (κ1) is 23.1. The van der Waals surface area contributed by atoms with E-state index in [0.717, 1.165) is 72.0 Å². The number of ether oxygens (including phenoxy) is 1. The number of thiophene rings is 1. The third-order valence-corrected chi connectivity index (χ3v) is 8.56. The Kier molecular flexibility index (Phi) is 6.81. The van der Waals surface area contributed by atoms with Crippen LogP contribution in [-0.2, 0) is 24.2 Å². The monoisotopic (exact) mass is 486 g/mol. The Morgan fingerprint density at radius 3 is 2.43 bits per heavy atom. The predicted molar refractivity (Wildman–Crippen MR) is 144 cm³/mol. The van der Waals surface area contributed by atoms with Crippen molar-refractivity contribution < 1.29 is 4.74 Å². The van der Waals surface area contributed by atoms with E-state index in [-0.39, 0.29) is 0 Å². The summed E-state index contributed by atoms with van der Waals surface area (Å²) in [7, 11) is 2.21. The summed E-state index contributed by atoms with van der Waals surface area (Å²) in [6, 6.07) is 16.0. The molecule has 3 aliphatic rings. The Hall–Kier alpha value is -2.35. The number of pyridine rings is 1. The van der Waals surface area contributed by atoms with Gasteiger partial charge in [-0.05, 0) is 41.9 Å². The van der Waals surface area contributed by atoms with Gasteiger partial charge in [0, 0.05) is 85.9 Å². The van der Waals surface area contributed by atoms with E-state index in [1.807, 2.05) is 17.5 Å². The molecular weight excluding hydrogens is 452 g/mol. The van der Waals surface area contributed by atoms with Gasteiger partial charge in [0.1, 0.15) is 0 Å². The lowest BCUT2D eigenvalue weighted by molar-refractivity contribution is 0.0346. The predicted octanol–water partition coefficient (Wildman–Crippen LogP) is 4.38. The average molecular weight is 487 g/mol. The molecule has 2 aliphatic heterocycles. The Morgan fingerprint density at radius 1 is 0.857 bits per heavy atom. The number of rotatable bonds is 6. The van der Waals surface area contributed by atoms with Crippen LogP contribution in [-0.4, -0.2) is 79.2 Å². The number of aromatic nitrogens is 1. The molecule has 35 heavy (non-hydrogen) atoms. The van der Waals surface area contributed by atoms with Crippen LogP contribution in [0.1, 0.15) is 26.6 Å². The topological polar surface area (TPSA) is 31.8 Å². The largest absolute Gasteiger partial charge is 0.379 e. The smallest absolute Gasteiger partial charge is 0.0594 e. The quantitative estimate of drug-likeness (QED) is 0.516. The van der Waals surface area contributed by atoms with Crippen LogP contribution in [0.3, 0.4) is 0 Å². The lowest BCUT2D eigenvalue weighted by atomic mass is 10.0. The van der Waals surface area contributed by atoms with Gasteiger partial charge in [0.05, 0.1) is 18.9 Å². The van der Waals surface area contributed by atoms with Gasteiger partial charge in [-0.15, -0.1) is 11.3 Å². The molecule has 6 heteroatoms. The summed E-state index contributed by atoms with van der Waals surface area (Å²) in [5.41, 5.74) is 7.67. The maximum atomic E-state index is 5.50. The molecule has 1 aliphatic carbocycles. The molecule has 0 spiro atoms. The fourth-order valence-electron chi connectivity index (χ4n) is 5.24. The molecule has 2 aromatic heterocycles. The number of allylic oxidation sites excluding steroid dienone is 1. The lowest BCUT2D eigenvalue weighted by Crippen LogP contribution is -2.43. The van der Waals surface area contributed by atoms with Gasteiger partial charge in [-0.1, -0.05) is 30.3 Å². The number of piperazine rings is 1. The highest BCUT2D eigenvalue weighted by Crippen LogP contribution is 2.37. The van der Waals surface area contributed by atoms with Gasteiger partial charge in [-0.25, -0.2) is 0 Å². The first-order valence-electron chi connectivity index (χ1n) is 12.8. The number of nitrogens with zero attached hydrogens (tertiary/aromatic N) is 4. The standard InChI is InChI=1S/C29H34N4OS/c1-31-10-12-32(13-11-31)20-22-2-4-23(5-3-22)24-18-27-26(7-8-28(27)30-19-24)29-9-6-25(35-29)21-33-14-16-34-17-15-33/h2-7,9,18-19H,8,10-17,20-21H2,1H3. The van der Waals surface area contributed by atoms with Crippen molar-refractivity contribution in [2.75, 3.05) is 59.5 Å². The molecule has 3 aromatic rings. The first-order valence-corrected chi connectivity index (χ1v) is 13.6. The van der Waals surface area contributed by atoms with Crippen LogP contribution < -0.4 is 0 Å². The molecule has 0 saturated carbocycles. The molecule has 0 unspecified atom stereocenters. The van der Waals surface area contributed by atoms with E-state index >= 15 is 0 Å². The van der Waals surface area contributed by atoms with Crippen molar-refractivity contribution in [3.8, 4) is 11.1 Å². The maximum Gasteiger partial charge on any atom is 0.0594 e. The third-order valence-electron chi connectivity index (χ3n) is 7.46. The van der Waals surface area contributed by atoms with E-state index in [0.29, 0.717) is 0 Å². The van der Waals surface area contributed by atoms with Gasteiger partial charge >= 0.3 is 0 Å². The molecule has 0 radical (unpaired) electrons. The van der Waals surface area contributed by atoms with E-state index in [1.54, 1.807) is 0 Å². The second-order valence-corrected chi connectivity index (χ2v) is 11.1. The van der Waals surface area contributed by atoms with Crippen LogP contribution in [0.2, 0.25) is 0 Å². The molecule has 0 bridgehead atoms. The summed E-state index contributed by atoms with van der Waals surface area (Å²) < 4.78 is 5.50. The van der Waals surface area contributed by atoms with Gasteiger partial charge in [-0.2, -0.15) is 0 Å². The van der Waals surface area contributed by atoms with Crippen molar-refractivity contribution >= 4 is 16.9 Å². The van der Waals surface area contributed by atoms with Crippen LogP contribution in [0.4, 0.5) is 0 Å². The van der Waals surface area contributed by atoms with Crippen molar-refractivity contribution in [2.24, 2.45) is 0 Å². The molecule has 182 valence electrons. The molecule has 0 amide bonds. The molecular formula is C29H34N4OS. The van der Waals surface area contributed by atoms with Crippen molar-refractivity contribution in [1.82, 2.24) is 19.7 Å². The number of hydrogen-bond donors (Lipinski definition) is 0. The Bertz CT molecular complexity index is 1190. The van der Waals surface area contributed by atoms with Crippen molar-refractivity contribution in [3.05, 3.63) is 81.3 Å². The molecule has 1 aromatic carbocycles. The third kappa shape index (κ3) is 5.27. The van der Waals surface area contributed by atoms with Crippen molar-refractivity contribution in [2.45, 2.75) is 19.5 Å². The Labute approximate surface area is 212 Å². The zero-order valence-electron chi connectivity index (χ0n) is 20.6. The number of hydrogen-bond acceptors (Lipinski definition) is 6. The van der Waals surface area contributed by atoms with Crippen LogP contribution in [0.25, 0.3) is 16.7 Å². The molecule has 5 nitrogen and oxygen atoms in total. The molecule has 6 rings (SSSR count). The molecule has 4 heterocycles. The number of benzene rings is 1. The van der Waals surface area contributed by atoms with E-state index < -0.39 is 0 Å². The Morgan fingerprint density at radius 2 is 1.63 bits per heavy atom. The second kappa shape index (κ2) is 10.3. The zero-order chi connectivity index (χ0) is 23.6. The number of morpholine rings is 1. The fourth-order valence-corrected chi connectivity index (χ4v) is 6.35. The summed E-state index contributed by atoms with van der Waals surface area (Å²) in [5.74, 6) is 0. The normalized spacial score (nSPS) is 19.6. The Balaban J connectivity index is 1.15. The first-order chi connectivity index (χ1) is 17.2. The van der Waals surface area contributed by atoms with Gasteiger partial charge in [0.15, 0.2) is 0 Å². The van der Waals surface area contributed by atoms with Crippen LogP contribution in [0.15, 0.2) is 54.7 Å². The van der Waals surface area contributed by atoms with Crippen LogP contribution in [0, 0.1) is 0 Å². The molecule has 0 N–H and O–H groups in total. The summed E-state index contributed by atoms with van der Waals surface area (Å²) in [5, 5.41) is 0. The number of fused-ring (bicyclic) bond motifs is 1. The minimum atomic E-state index is 0.849. The minimum Gasteiger partial charge on any atom is -0.379 e. The van der Waals surface area contributed by atoms with Crippen LogP contribution >= 0.6 is 11.3 Å². The van der Waals surface area contributed by atoms with E-state index in [1.165, 1.54) is 43.3 Å². The highest BCUT2D eigenvalue weighted by Gasteiger charge is 2.20. The van der Waals surface area contributed by atoms with Crippen molar-refractivity contribution in [3.63, 3.8) is 0 Å². The SMILES string of the molecule is CN1CCN(Cc2ccc(-c3cnc4c(c3)C(c3ccc(CN5CCOCC5)s3)=CC4)cc2)CC1. The van der Waals surface area contributed by atoms with Gasteiger partial charge in [0.25, 0.3) is 0 Å². The molecule has 2 fully saturated rings.